The molecule has 1 atom stereocenters. The largest absolute Gasteiger partial charge is 0.493 e. The topological polar surface area (TPSA) is 76.8 Å². The molecular formula is C18H23N3O4. The zero-order valence-corrected chi connectivity index (χ0v) is 15.0. The molecule has 2 amide bonds. The Hall–Kier alpha value is -2.70. The molecule has 2 heterocycles. The van der Waals surface area contributed by atoms with Crippen molar-refractivity contribution in [1.29, 1.82) is 0 Å². The van der Waals surface area contributed by atoms with Crippen molar-refractivity contribution in [2.75, 3.05) is 26.1 Å². The molecule has 0 spiro atoms. The molecule has 0 saturated carbocycles. The van der Waals surface area contributed by atoms with Crippen LogP contribution in [0.25, 0.3) is 0 Å². The summed E-state index contributed by atoms with van der Waals surface area (Å²) < 4.78 is 15.8. The molecular weight excluding hydrogens is 322 g/mol. The van der Waals surface area contributed by atoms with E-state index in [-0.39, 0.29) is 12.1 Å². The highest BCUT2D eigenvalue weighted by Crippen LogP contribution is 2.36. The molecule has 3 rings (SSSR count). The third-order valence-corrected chi connectivity index (χ3v) is 4.57. The van der Waals surface area contributed by atoms with Crippen LogP contribution in [0.4, 0.5) is 10.5 Å². The summed E-state index contributed by atoms with van der Waals surface area (Å²) in [6, 6.07) is 5.16. The fourth-order valence-electron chi connectivity index (χ4n) is 3.38. The number of likely N-dealkylation sites (tertiary alicyclic amines) is 1. The van der Waals surface area contributed by atoms with E-state index in [1.54, 1.807) is 32.4 Å². The molecule has 134 valence electrons. The van der Waals surface area contributed by atoms with Gasteiger partial charge in [-0.3, -0.25) is 0 Å². The lowest BCUT2D eigenvalue weighted by molar-refractivity contribution is 0.206. The van der Waals surface area contributed by atoms with Crippen molar-refractivity contribution in [1.82, 2.24) is 10.1 Å². The molecule has 7 heteroatoms. The van der Waals surface area contributed by atoms with Crippen LogP contribution in [0, 0.1) is 13.8 Å². The van der Waals surface area contributed by atoms with Crippen LogP contribution in [-0.4, -0.2) is 36.9 Å². The summed E-state index contributed by atoms with van der Waals surface area (Å²) in [7, 11) is 3.14. The Labute approximate surface area is 146 Å². The average Bonchev–Trinajstić information content (AvgIpc) is 3.21. The number of aryl methyl sites for hydroxylation is 2. The number of anilines is 1. The second kappa shape index (κ2) is 7.04. The molecule has 1 aliphatic heterocycles. The minimum Gasteiger partial charge on any atom is -0.493 e. The molecule has 1 N–H and O–H groups in total. The van der Waals surface area contributed by atoms with Crippen molar-refractivity contribution in [3.63, 3.8) is 0 Å². The predicted molar refractivity (Wildman–Crippen MR) is 93.2 cm³/mol. The third kappa shape index (κ3) is 3.26. The van der Waals surface area contributed by atoms with Crippen LogP contribution in [0.3, 0.4) is 0 Å². The normalized spacial score (nSPS) is 16.8. The van der Waals surface area contributed by atoms with Gasteiger partial charge in [-0.15, -0.1) is 0 Å². The number of methoxy groups -OCH3 is 2. The zero-order chi connectivity index (χ0) is 18.0. The number of urea groups is 1. The summed E-state index contributed by atoms with van der Waals surface area (Å²) >= 11 is 0. The van der Waals surface area contributed by atoms with E-state index in [9.17, 15) is 4.79 Å². The number of hydrogen-bond acceptors (Lipinski definition) is 5. The van der Waals surface area contributed by atoms with Gasteiger partial charge in [0.1, 0.15) is 5.76 Å². The van der Waals surface area contributed by atoms with Crippen molar-refractivity contribution in [2.24, 2.45) is 0 Å². The molecule has 1 aromatic heterocycles. The number of ether oxygens (including phenoxy) is 2. The number of amides is 2. The van der Waals surface area contributed by atoms with Crippen LogP contribution in [0.2, 0.25) is 0 Å². The number of nitrogens with zero attached hydrogens (tertiary/aromatic N) is 2. The number of carbonyl (C=O) groups is 1. The van der Waals surface area contributed by atoms with E-state index in [2.05, 4.69) is 10.5 Å². The first-order valence-electron chi connectivity index (χ1n) is 8.27. The molecule has 0 unspecified atom stereocenters. The molecule has 1 fully saturated rings. The first-order chi connectivity index (χ1) is 12.0. The highest BCUT2D eigenvalue weighted by atomic mass is 16.5. The molecule has 7 nitrogen and oxygen atoms in total. The minimum atomic E-state index is -0.144. The van der Waals surface area contributed by atoms with Gasteiger partial charge in [-0.2, -0.15) is 0 Å². The van der Waals surface area contributed by atoms with Gasteiger partial charge < -0.3 is 24.2 Å². The van der Waals surface area contributed by atoms with Gasteiger partial charge >= 0.3 is 6.03 Å². The second-order valence-corrected chi connectivity index (χ2v) is 6.09. The van der Waals surface area contributed by atoms with Crippen LogP contribution < -0.4 is 14.8 Å². The van der Waals surface area contributed by atoms with Crippen LogP contribution >= 0.6 is 0 Å². The fraction of sp³-hybridized carbons (Fsp3) is 0.444. The van der Waals surface area contributed by atoms with Gasteiger partial charge in [-0.1, -0.05) is 5.16 Å². The summed E-state index contributed by atoms with van der Waals surface area (Å²) in [4.78, 5) is 14.6. The molecule has 0 aliphatic carbocycles. The van der Waals surface area contributed by atoms with E-state index in [1.807, 2.05) is 18.7 Å². The molecule has 1 saturated heterocycles. The standard InChI is InChI=1S/C18H23N3O4/c1-11-17(12(2)25-20-11)14-6-5-9-21(14)18(22)19-13-7-8-15(23-3)16(10-13)24-4/h7-8,10,14H,5-6,9H2,1-4H3,(H,19,22)/t14-/m1/s1. The molecule has 0 radical (unpaired) electrons. The van der Waals surface area contributed by atoms with Crippen molar-refractivity contribution < 1.29 is 18.8 Å². The Morgan fingerprint density at radius 2 is 2.04 bits per heavy atom. The zero-order valence-electron chi connectivity index (χ0n) is 15.0. The molecule has 0 bridgehead atoms. The quantitative estimate of drug-likeness (QED) is 0.915. The number of rotatable bonds is 4. The first kappa shape index (κ1) is 17.1. The Bertz CT molecular complexity index is 752. The highest BCUT2D eigenvalue weighted by Gasteiger charge is 2.33. The van der Waals surface area contributed by atoms with E-state index in [0.717, 1.165) is 29.9 Å². The summed E-state index contributed by atoms with van der Waals surface area (Å²) in [5.41, 5.74) is 2.51. The van der Waals surface area contributed by atoms with E-state index >= 15 is 0 Å². The monoisotopic (exact) mass is 345 g/mol. The van der Waals surface area contributed by atoms with Gasteiger partial charge in [0, 0.05) is 23.9 Å². The Balaban J connectivity index is 1.79. The molecule has 1 aliphatic rings. The smallest absolute Gasteiger partial charge is 0.322 e. The lowest BCUT2D eigenvalue weighted by Gasteiger charge is -2.25. The lowest BCUT2D eigenvalue weighted by atomic mass is 10.0. The number of aromatic nitrogens is 1. The van der Waals surface area contributed by atoms with Crippen molar-refractivity contribution in [3.8, 4) is 11.5 Å². The SMILES string of the molecule is COc1ccc(NC(=O)N2CCC[C@@H]2c2c(C)noc2C)cc1OC. The second-order valence-electron chi connectivity index (χ2n) is 6.09. The number of hydrogen-bond donors (Lipinski definition) is 1. The van der Waals surface area contributed by atoms with Crippen molar-refractivity contribution in [3.05, 3.63) is 35.2 Å². The summed E-state index contributed by atoms with van der Waals surface area (Å²) in [5, 5.41) is 6.96. The lowest BCUT2D eigenvalue weighted by Crippen LogP contribution is -2.34. The van der Waals surface area contributed by atoms with E-state index in [0.29, 0.717) is 23.7 Å². The highest BCUT2D eigenvalue weighted by molar-refractivity contribution is 5.90. The number of carbonyl (C=O) groups excluding carboxylic acids is 1. The molecule has 25 heavy (non-hydrogen) atoms. The van der Waals surface area contributed by atoms with Gasteiger partial charge in [-0.05, 0) is 38.8 Å². The molecule has 1 aromatic carbocycles. The maximum Gasteiger partial charge on any atom is 0.322 e. The maximum atomic E-state index is 12.8. The summed E-state index contributed by atoms with van der Waals surface area (Å²) in [6.45, 7) is 4.50. The van der Waals surface area contributed by atoms with Crippen LogP contribution in [-0.2, 0) is 0 Å². The van der Waals surface area contributed by atoms with Gasteiger partial charge in [0.15, 0.2) is 11.5 Å². The first-order valence-corrected chi connectivity index (χ1v) is 8.27. The van der Waals surface area contributed by atoms with Crippen LogP contribution in [0.5, 0.6) is 11.5 Å². The van der Waals surface area contributed by atoms with Gasteiger partial charge in [0.05, 0.1) is 26.0 Å². The minimum absolute atomic E-state index is 0.00797. The Kier molecular flexibility index (Phi) is 4.83. The number of benzene rings is 1. The Morgan fingerprint density at radius 3 is 2.68 bits per heavy atom. The predicted octanol–water partition coefficient (Wildman–Crippen LogP) is 3.68. The van der Waals surface area contributed by atoms with E-state index in [4.69, 9.17) is 14.0 Å². The maximum absolute atomic E-state index is 12.8. The fourth-order valence-corrected chi connectivity index (χ4v) is 3.38. The van der Waals surface area contributed by atoms with Crippen LogP contribution in [0.1, 0.15) is 35.9 Å². The third-order valence-electron chi connectivity index (χ3n) is 4.57. The summed E-state index contributed by atoms with van der Waals surface area (Å²) in [6.07, 6.45) is 1.86. The van der Waals surface area contributed by atoms with E-state index in [1.165, 1.54) is 0 Å². The van der Waals surface area contributed by atoms with Crippen LogP contribution in [0.15, 0.2) is 22.7 Å². The van der Waals surface area contributed by atoms with Gasteiger partial charge in [0.2, 0.25) is 0 Å². The van der Waals surface area contributed by atoms with E-state index < -0.39 is 0 Å². The Morgan fingerprint density at radius 1 is 1.28 bits per heavy atom. The molecule has 2 aromatic rings. The van der Waals surface area contributed by atoms with Crippen molar-refractivity contribution in [2.45, 2.75) is 32.7 Å². The number of nitrogens with one attached hydrogen (secondary N) is 1. The van der Waals surface area contributed by atoms with Gasteiger partial charge in [0.25, 0.3) is 0 Å². The summed E-state index contributed by atoms with van der Waals surface area (Å²) in [5.74, 6) is 1.97. The average molecular weight is 345 g/mol. The van der Waals surface area contributed by atoms with Crippen molar-refractivity contribution >= 4 is 11.7 Å². The van der Waals surface area contributed by atoms with Gasteiger partial charge in [-0.25, -0.2) is 4.79 Å².